The van der Waals surface area contributed by atoms with Crippen LogP contribution in [0.4, 0.5) is 11.6 Å². The highest BCUT2D eigenvalue weighted by Crippen LogP contribution is 2.27. The molecule has 9 heteroatoms. The number of hydrogen-bond donors (Lipinski definition) is 1. The molecular weight excluding hydrogens is 454 g/mol. The first-order valence-electron chi connectivity index (χ1n) is 12.0. The second-order valence-corrected chi connectivity index (χ2v) is 8.55. The molecule has 0 fully saturated rings. The summed E-state index contributed by atoms with van der Waals surface area (Å²) >= 11 is 0. The van der Waals surface area contributed by atoms with Crippen molar-refractivity contribution >= 4 is 11.6 Å². The number of ether oxygens (including phenoxy) is 2. The topological polar surface area (TPSA) is 90.2 Å². The van der Waals surface area contributed by atoms with E-state index in [9.17, 15) is 0 Å². The standard InChI is InChI=1S/C27H29N7O2/c1-33-12-3-2-4-14-35-24-7-5-6-21(17-24)25-10-11-29-27(32-25)31-23-8-9-26(22(16-23)18-33)36-15-13-34-20-28-19-30-34/h2-3,5-11,16-17,19-20H,4,12-15,18H2,1H3,(H,29,31,32)/b3-2+. The first-order valence-corrected chi connectivity index (χ1v) is 12.0. The number of anilines is 2. The lowest BCUT2D eigenvalue weighted by atomic mass is 10.1. The van der Waals surface area contributed by atoms with Gasteiger partial charge >= 0.3 is 0 Å². The maximum absolute atomic E-state index is 6.13. The van der Waals surface area contributed by atoms with Crippen molar-refractivity contribution in [1.29, 1.82) is 0 Å². The fourth-order valence-electron chi connectivity index (χ4n) is 3.95. The lowest BCUT2D eigenvalue weighted by Gasteiger charge is -2.19. The smallest absolute Gasteiger partial charge is 0.227 e. The van der Waals surface area contributed by atoms with E-state index < -0.39 is 0 Å². The van der Waals surface area contributed by atoms with Gasteiger partial charge in [0.05, 0.1) is 18.8 Å². The molecule has 0 amide bonds. The number of benzene rings is 2. The maximum Gasteiger partial charge on any atom is 0.227 e. The molecule has 0 saturated heterocycles. The van der Waals surface area contributed by atoms with E-state index in [1.807, 2.05) is 42.5 Å². The molecule has 0 spiro atoms. The third kappa shape index (κ3) is 6.25. The molecule has 9 nitrogen and oxygen atoms in total. The SMILES string of the molecule is CN1C/C=C/CCOc2cccc(c2)-c2ccnc(n2)Nc2ccc(OCCn3cncn3)c(c2)C1. The summed E-state index contributed by atoms with van der Waals surface area (Å²) in [5, 5.41) is 7.49. The molecule has 36 heavy (non-hydrogen) atoms. The summed E-state index contributed by atoms with van der Waals surface area (Å²) in [6.07, 6.45) is 10.1. The Labute approximate surface area is 210 Å². The molecule has 1 aliphatic heterocycles. The van der Waals surface area contributed by atoms with E-state index in [0.29, 0.717) is 25.7 Å². The Morgan fingerprint density at radius 1 is 1.11 bits per heavy atom. The van der Waals surface area contributed by atoms with Crippen molar-refractivity contribution in [3.05, 3.63) is 85.1 Å². The van der Waals surface area contributed by atoms with E-state index >= 15 is 0 Å². The van der Waals surface area contributed by atoms with Crippen molar-refractivity contribution in [2.45, 2.75) is 19.5 Å². The second-order valence-electron chi connectivity index (χ2n) is 8.55. The molecule has 0 atom stereocenters. The molecule has 0 unspecified atom stereocenters. The highest BCUT2D eigenvalue weighted by Gasteiger charge is 2.11. The van der Waals surface area contributed by atoms with Crippen molar-refractivity contribution < 1.29 is 9.47 Å². The number of aromatic nitrogens is 5. The zero-order valence-corrected chi connectivity index (χ0v) is 20.2. The maximum atomic E-state index is 6.13. The normalized spacial score (nSPS) is 15.1. The number of likely N-dealkylation sites (N-methyl/N-ethyl adjacent to an activating group) is 1. The van der Waals surface area contributed by atoms with E-state index in [-0.39, 0.29) is 0 Å². The largest absolute Gasteiger partial charge is 0.493 e. The van der Waals surface area contributed by atoms with E-state index in [2.05, 4.69) is 50.5 Å². The van der Waals surface area contributed by atoms with Crippen LogP contribution >= 0.6 is 0 Å². The predicted octanol–water partition coefficient (Wildman–Crippen LogP) is 4.33. The molecule has 0 saturated carbocycles. The Balaban J connectivity index is 1.41. The van der Waals surface area contributed by atoms with Crippen molar-refractivity contribution in [1.82, 2.24) is 29.6 Å². The van der Waals surface area contributed by atoms with Crippen molar-refractivity contribution in [2.75, 3.05) is 32.1 Å². The van der Waals surface area contributed by atoms with Gasteiger partial charge in [0, 0.05) is 36.1 Å². The minimum absolute atomic E-state index is 0.497. The van der Waals surface area contributed by atoms with Crippen LogP contribution in [0.2, 0.25) is 0 Å². The van der Waals surface area contributed by atoms with Crippen molar-refractivity contribution in [3.63, 3.8) is 0 Å². The molecule has 2 aromatic carbocycles. The van der Waals surface area contributed by atoms with Crippen LogP contribution in [0, 0.1) is 0 Å². The van der Waals surface area contributed by atoms with E-state index in [1.165, 1.54) is 6.33 Å². The number of rotatable bonds is 4. The van der Waals surface area contributed by atoms with Gasteiger partial charge < -0.3 is 14.8 Å². The highest BCUT2D eigenvalue weighted by molar-refractivity contribution is 5.64. The summed E-state index contributed by atoms with van der Waals surface area (Å²) in [5.41, 5.74) is 3.77. The number of hydrogen-bond acceptors (Lipinski definition) is 8. The van der Waals surface area contributed by atoms with Crippen molar-refractivity contribution in [3.8, 4) is 22.8 Å². The third-order valence-electron chi connectivity index (χ3n) is 5.72. The summed E-state index contributed by atoms with van der Waals surface area (Å²) in [5.74, 6) is 2.20. The molecule has 184 valence electrons. The van der Waals surface area contributed by atoms with Crippen LogP contribution in [0.15, 0.2) is 79.5 Å². The molecule has 4 aromatic rings. The van der Waals surface area contributed by atoms with Gasteiger partial charge in [-0.3, -0.25) is 4.90 Å². The minimum atomic E-state index is 0.497. The molecule has 1 aliphatic rings. The van der Waals surface area contributed by atoms with Crippen LogP contribution in [-0.2, 0) is 13.1 Å². The molecule has 6 bridgehead atoms. The Morgan fingerprint density at radius 2 is 2.08 bits per heavy atom. The molecule has 5 rings (SSSR count). The number of fused-ring (bicyclic) bond motifs is 7. The Hall–Kier alpha value is -4.24. The van der Waals surface area contributed by atoms with Crippen LogP contribution in [0.5, 0.6) is 11.5 Å². The van der Waals surface area contributed by atoms with Crippen LogP contribution in [0.1, 0.15) is 12.0 Å². The third-order valence-corrected chi connectivity index (χ3v) is 5.72. The highest BCUT2D eigenvalue weighted by atomic mass is 16.5. The average Bonchev–Trinajstić information content (AvgIpc) is 3.41. The number of nitrogens with one attached hydrogen (secondary N) is 1. The van der Waals surface area contributed by atoms with Gasteiger partial charge in [-0.2, -0.15) is 5.10 Å². The molecule has 0 radical (unpaired) electrons. The fourth-order valence-corrected chi connectivity index (χ4v) is 3.95. The zero-order chi connectivity index (χ0) is 24.6. The zero-order valence-electron chi connectivity index (χ0n) is 20.2. The average molecular weight is 484 g/mol. The van der Waals surface area contributed by atoms with E-state index in [4.69, 9.17) is 14.5 Å². The summed E-state index contributed by atoms with van der Waals surface area (Å²) in [6, 6.07) is 16.0. The Kier molecular flexibility index (Phi) is 7.48. The monoisotopic (exact) mass is 483 g/mol. The molecule has 3 heterocycles. The van der Waals surface area contributed by atoms with E-state index in [1.54, 1.807) is 17.2 Å². The lowest BCUT2D eigenvalue weighted by molar-refractivity contribution is 0.280. The Morgan fingerprint density at radius 3 is 3.00 bits per heavy atom. The lowest BCUT2D eigenvalue weighted by Crippen LogP contribution is -2.19. The Bertz CT molecular complexity index is 1310. The van der Waals surface area contributed by atoms with Gasteiger partial charge in [0.15, 0.2) is 0 Å². The molecule has 1 N–H and O–H groups in total. The summed E-state index contributed by atoms with van der Waals surface area (Å²) < 4.78 is 13.8. The van der Waals surface area contributed by atoms with Gasteiger partial charge in [-0.05, 0) is 49.9 Å². The first-order chi connectivity index (χ1) is 17.7. The second kappa shape index (κ2) is 11.5. The number of nitrogens with zero attached hydrogens (tertiary/aromatic N) is 6. The summed E-state index contributed by atoms with van der Waals surface area (Å²) in [7, 11) is 2.09. The summed E-state index contributed by atoms with van der Waals surface area (Å²) in [6.45, 7) is 3.28. The predicted molar refractivity (Wildman–Crippen MR) is 138 cm³/mol. The van der Waals surface area contributed by atoms with Gasteiger partial charge in [-0.15, -0.1) is 0 Å². The summed E-state index contributed by atoms with van der Waals surface area (Å²) in [4.78, 5) is 15.4. The fraction of sp³-hybridized carbons (Fsp3) is 0.259. The van der Waals surface area contributed by atoms with Crippen LogP contribution in [0.25, 0.3) is 11.3 Å². The molecule has 0 aliphatic carbocycles. The molecule has 2 aromatic heterocycles. The van der Waals surface area contributed by atoms with Gasteiger partial charge in [-0.1, -0.05) is 24.3 Å². The van der Waals surface area contributed by atoms with Crippen LogP contribution in [0.3, 0.4) is 0 Å². The minimum Gasteiger partial charge on any atom is -0.493 e. The van der Waals surface area contributed by atoms with Crippen LogP contribution < -0.4 is 14.8 Å². The van der Waals surface area contributed by atoms with E-state index in [0.717, 1.165) is 53.5 Å². The quantitative estimate of drug-likeness (QED) is 0.429. The van der Waals surface area contributed by atoms with Crippen LogP contribution in [-0.4, -0.2) is 56.4 Å². The van der Waals surface area contributed by atoms with Gasteiger partial charge in [0.25, 0.3) is 0 Å². The van der Waals surface area contributed by atoms with Gasteiger partial charge in [-0.25, -0.2) is 19.6 Å². The van der Waals surface area contributed by atoms with Crippen molar-refractivity contribution in [2.24, 2.45) is 0 Å². The molecular formula is C27H29N7O2. The first kappa shape index (κ1) is 23.5. The van der Waals surface area contributed by atoms with Gasteiger partial charge in [0.1, 0.15) is 30.8 Å². The van der Waals surface area contributed by atoms with Gasteiger partial charge in [0.2, 0.25) is 5.95 Å².